The minimum Gasteiger partial charge on any atom is -0.385 e. The van der Waals surface area contributed by atoms with Gasteiger partial charge in [-0.05, 0) is 13.8 Å². The predicted octanol–water partition coefficient (Wildman–Crippen LogP) is 0.752. The van der Waals surface area contributed by atoms with Crippen LogP contribution in [0.3, 0.4) is 0 Å². The Morgan fingerprint density at radius 1 is 1.50 bits per heavy atom. The largest absolute Gasteiger partial charge is 0.385 e. The molecule has 2 N–H and O–H groups in total. The van der Waals surface area contributed by atoms with Gasteiger partial charge in [0.25, 0.3) is 0 Å². The summed E-state index contributed by atoms with van der Waals surface area (Å²) < 4.78 is 10.8. The van der Waals surface area contributed by atoms with Gasteiger partial charge in [0.2, 0.25) is 0 Å². The molecule has 0 aromatic heterocycles. The van der Waals surface area contributed by atoms with E-state index in [-0.39, 0.29) is 18.2 Å². The molecule has 2 amide bonds. The highest BCUT2D eigenvalue weighted by Crippen LogP contribution is 2.37. The minimum absolute atomic E-state index is 0.0680. The molecule has 0 saturated carbocycles. The van der Waals surface area contributed by atoms with E-state index in [0.717, 1.165) is 0 Å². The molecule has 1 saturated heterocycles. The van der Waals surface area contributed by atoms with Gasteiger partial charge < -0.3 is 20.1 Å². The van der Waals surface area contributed by atoms with Gasteiger partial charge in [0, 0.05) is 26.5 Å². The zero-order chi connectivity index (χ0) is 13.3. The summed E-state index contributed by atoms with van der Waals surface area (Å²) in [4.78, 5) is 17.6. The van der Waals surface area contributed by atoms with Crippen LogP contribution >= 0.6 is 0 Å². The van der Waals surface area contributed by atoms with Crippen molar-refractivity contribution in [2.75, 3.05) is 20.3 Å². The number of ether oxygens (including phenoxy) is 2. The fraction of sp³-hybridized carbons (Fsp3) is 0.833. The zero-order valence-electron chi connectivity index (χ0n) is 11.2. The van der Waals surface area contributed by atoms with Gasteiger partial charge in [-0.3, -0.25) is 0 Å². The smallest absolute Gasteiger partial charge is 0.346 e. The van der Waals surface area contributed by atoms with Crippen molar-refractivity contribution in [2.24, 2.45) is 10.7 Å². The second kappa shape index (κ2) is 4.85. The molecular formula is C12H21N3O3. The highest BCUT2D eigenvalue weighted by atomic mass is 16.5. The minimum atomic E-state index is -0.479. The maximum atomic E-state index is 11.9. The van der Waals surface area contributed by atoms with Crippen molar-refractivity contribution < 1.29 is 14.3 Å². The van der Waals surface area contributed by atoms with Crippen molar-refractivity contribution >= 4 is 11.9 Å². The first-order valence-corrected chi connectivity index (χ1v) is 6.30. The van der Waals surface area contributed by atoms with Gasteiger partial charge in [-0.2, -0.15) is 4.99 Å². The maximum absolute atomic E-state index is 11.9. The molecule has 0 aromatic carbocycles. The highest BCUT2D eigenvalue weighted by Gasteiger charge is 2.52. The van der Waals surface area contributed by atoms with Crippen LogP contribution in [0.1, 0.15) is 26.7 Å². The lowest BCUT2D eigenvalue weighted by atomic mass is 9.82. The molecule has 0 aromatic rings. The van der Waals surface area contributed by atoms with Crippen LogP contribution in [-0.2, 0) is 9.47 Å². The number of amidine groups is 1. The monoisotopic (exact) mass is 255 g/mol. The summed E-state index contributed by atoms with van der Waals surface area (Å²) in [6.07, 6.45) is 1.53. The molecular weight excluding hydrogens is 234 g/mol. The SMILES string of the molecule is COCCN1C(=O)N=C(N)C12CC(C)OC(C)C2. The Kier molecular flexibility index (Phi) is 3.59. The first-order valence-electron chi connectivity index (χ1n) is 6.30. The van der Waals surface area contributed by atoms with Gasteiger partial charge in [0.05, 0.1) is 18.8 Å². The number of carbonyl (C=O) groups excluding carboxylic acids is 1. The third kappa shape index (κ3) is 2.10. The van der Waals surface area contributed by atoms with E-state index in [0.29, 0.717) is 31.8 Å². The lowest BCUT2D eigenvalue weighted by Gasteiger charge is -2.45. The van der Waals surface area contributed by atoms with Crippen LogP contribution in [0.4, 0.5) is 4.79 Å². The molecule has 2 aliphatic rings. The van der Waals surface area contributed by atoms with Gasteiger partial charge >= 0.3 is 6.03 Å². The van der Waals surface area contributed by atoms with Crippen molar-refractivity contribution in [3.8, 4) is 0 Å². The second-order valence-corrected chi connectivity index (χ2v) is 5.12. The number of urea groups is 1. The first kappa shape index (κ1) is 13.3. The van der Waals surface area contributed by atoms with Crippen molar-refractivity contribution in [1.29, 1.82) is 0 Å². The number of nitrogens with two attached hydrogens (primary N) is 1. The number of nitrogens with zero attached hydrogens (tertiary/aromatic N) is 2. The summed E-state index contributed by atoms with van der Waals surface area (Å²) >= 11 is 0. The van der Waals surface area contributed by atoms with E-state index in [2.05, 4.69) is 4.99 Å². The number of hydrogen-bond acceptors (Lipinski definition) is 4. The third-order valence-electron chi connectivity index (χ3n) is 3.67. The van der Waals surface area contributed by atoms with E-state index < -0.39 is 5.54 Å². The number of carbonyl (C=O) groups is 1. The summed E-state index contributed by atoms with van der Waals surface area (Å²) in [7, 11) is 1.62. The Morgan fingerprint density at radius 2 is 2.11 bits per heavy atom. The Bertz CT molecular complexity index is 360. The number of hydrogen-bond donors (Lipinski definition) is 1. The van der Waals surface area contributed by atoms with Crippen molar-refractivity contribution in [1.82, 2.24) is 4.90 Å². The van der Waals surface area contributed by atoms with Crippen LogP contribution in [0.25, 0.3) is 0 Å². The fourth-order valence-electron chi connectivity index (χ4n) is 3.04. The van der Waals surface area contributed by atoms with Crippen LogP contribution in [-0.4, -0.2) is 54.8 Å². The average molecular weight is 255 g/mol. The van der Waals surface area contributed by atoms with Gasteiger partial charge in [0.15, 0.2) is 0 Å². The molecule has 18 heavy (non-hydrogen) atoms. The van der Waals surface area contributed by atoms with Crippen LogP contribution in [0.15, 0.2) is 4.99 Å². The molecule has 2 atom stereocenters. The Hall–Kier alpha value is -1.14. The Labute approximate surface area is 107 Å². The molecule has 0 aliphatic carbocycles. The summed E-state index contributed by atoms with van der Waals surface area (Å²) in [6, 6.07) is -0.258. The van der Waals surface area contributed by atoms with Crippen molar-refractivity contribution in [2.45, 2.75) is 44.4 Å². The van der Waals surface area contributed by atoms with E-state index in [1.807, 2.05) is 13.8 Å². The average Bonchev–Trinajstić information content (AvgIpc) is 2.47. The summed E-state index contributed by atoms with van der Waals surface area (Å²) in [5.41, 5.74) is 5.53. The quantitative estimate of drug-likeness (QED) is 0.807. The highest BCUT2D eigenvalue weighted by molar-refractivity contribution is 6.06. The molecule has 102 valence electrons. The number of aliphatic imine (C=N–C) groups is 1. The van der Waals surface area contributed by atoms with Crippen LogP contribution < -0.4 is 5.73 Å². The molecule has 0 bridgehead atoms. The van der Waals surface area contributed by atoms with Crippen molar-refractivity contribution in [3.63, 3.8) is 0 Å². The standard InChI is InChI=1S/C12H21N3O3/c1-8-6-12(7-9(2)18-8)10(13)14-11(16)15(12)4-5-17-3/h8-9H,4-7H2,1-3H3,(H2,13,14,16). The number of amides is 2. The maximum Gasteiger partial charge on any atom is 0.346 e. The molecule has 1 fully saturated rings. The van der Waals surface area contributed by atoms with E-state index >= 15 is 0 Å². The lowest BCUT2D eigenvalue weighted by Crippen LogP contribution is -2.60. The van der Waals surface area contributed by atoms with Gasteiger partial charge in [-0.15, -0.1) is 0 Å². The fourth-order valence-corrected chi connectivity index (χ4v) is 3.04. The molecule has 0 radical (unpaired) electrons. The molecule has 2 aliphatic heterocycles. The molecule has 6 nitrogen and oxygen atoms in total. The Morgan fingerprint density at radius 3 is 2.67 bits per heavy atom. The van der Waals surface area contributed by atoms with Crippen molar-refractivity contribution in [3.05, 3.63) is 0 Å². The number of rotatable bonds is 3. The molecule has 6 heteroatoms. The van der Waals surface area contributed by atoms with Gasteiger partial charge in [-0.25, -0.2) is 4.79 Å². The van der Waals surface area contributed by atoms with Crippen LogP contribution in [0.5, 0.6) is 0 Å². The van der Waals surface area contributed by atoms with E-state index in [4.69, 9.17) is 15.2 Å². The normalized spacial score (nSPS) is 36.3. The Balaban J connectivity index is 2.25. The third-order valence-corrected chi connectivity index (χ3v) is 3.67. The van der Waals surface area contributed by atoms with E-state index in [1.54, 1.807) is 12.0 Å². The molecule has 2 heterocycles. The molecule has 1 spiro atoms. The topological polar surface area (TPSA) is 77.2 Å². The van der Waals surface area contributed by atoms with Gasteiger partial charge in [-0.1, -0.05) is 0 Å². The van der Waals surface area contributed by atoms with E-state index in [9.17, 15) is 4.79 Å². The predicted molar refractivity (Wildman–Crippen MR) is 67.6 cm³/mol. The summed E-state index contributed by atoms with van der Waals surface area (Å²) in [5, 5.41) is 0. The molecule has 2 unspecified atom stereocenters. The van der Waals surface area contributed by atoms with E-state index in [1.165, 1.54) is 0 Å². The first-order chi connectivity index (χ1) is 8.49. The van der Waals surface area contributed by atoms with Crippen LogP contribution in [0, 0.1) is 0 Å². The lowest BCUT2D eigenvalue weighted by molar-refractivity contribution is -0.0732. The summed E-state index contributed by atoms with van der Waals surface area (Å²) in [6.45, 7) is 5.00. The van der Waals surface area contributed by atoms with Crippen LogP contribution in [0.2, 0.25) is 0 Å². The molecule has 2 rings (SSSR count). The second-order valence-electron chi connectivity index (χ2n) is 5.12. The summed E-state index contributed by atoms with van der Waals surface area (Å²) in [5.74, 6) is 0.422. The number of methoxy groups -OCH3 is 1. The zero-order valence-corrected chi connectivity index (χ0v) is 11.2. The van der Waals surface area contributed by atoms with Gasteiger partial charge in [0.1, 0.15) is 11.4 Å².